The van der Waals surface area contributed by atoms with Crippen molar-refractivity contribution < 1.29 is 4.39 Å². The van der Waals surface area contributed by atoms with E-state index in [1.165, 1.54) is 6.07 Å². The Hall–Kier alpha value is -2.16. The molecule has 78 valence electrons. The van der Waals surface area contributed by atoms with Gasteiger partial charge in [0.1, 0.15) is 5.82 Å². The van der Waals surface area contributed by atoms with Crippen molar-refractivity contribution in [2.45, 2.75) is 0 Å². The molecule has 16 heavy (non-hydrogen) atoms. The number of aromatic amines is 1. The number of halogens is 1. The van der Waals surface area contributed by atoms with Crippen LogP contribution in [0, 0.1) is 5.82 Å². The lowest BCUT2D eigenvalue weighted by molar-refractivity contribution is 0.640. The second-order valence-electron chi connectivity index (χ2n) is 3.61. The smallest absolute Gasteiger partial charge is 0.131 e. The van der Waals surface area contributed by atoms with Crippen LogP contribution in [0.4, 0.5) is 4.39 Å². The summed E-state index contributed by atoms with van der Waals surface area (Å²) < 4.78 is 13.6. The van der Waals surface area contributed by atoms with Crippen molar-refractivity contribution >= 4 is 10.8 Å². The molecule has 3 aromatic rings. The second kappa shape index (κ2) is 3.45. The monoisotopic (exact) mass is 212 g/mol. The number of aromatic nitrogens is 2. The van der Waals surface area contributed by atoms with E-state index in [1.54, 1.807) is 18.3 Å². The minimum Gasteiger partial charge on any atom is -0.278 e. The highest BCUT2D eigenvalue weighted by Gasteiger charge is 2.07. The maximum atomic E-state index is 13.6. The van der Waals surface area contributed by atoms with Crippen molar-refractivity contribution in [2.75, 3.05) is 0 Å². The topological polar surface area (TPSA) is 28.7 Å². The van der Waals surface area contributed by atoms with Crippen molar-refractivity contribution in [2.24, 2.45) is 0 Å². The third-order valence-corrected chi connectivity index (χ3v) is 2.66. The average molecular weight is 212 g/mol. The fourth-order valence-corrected chi connectivity index (χ4v) is 1.90. The predicted molar refractivity (Wildman–Crippen MR) is 61.5 cm³/mol. The molecule has 0 aliphatic carbocycles. The van der Waals surface area contributed by atoms with Gasteiger partial charge in [0.05, 0.1) is 5.69 Å². The maximum Gasteiger partial charge on any atom is 0.131 e. The highest BCUT2D eigenvalue weighted by atomic mass is 19.1. The number of hydrogen-bond acceptors (Lipinski definition) is 1. The summed E-state index contributed by atoms with van der Waals surface area (Å²) >= 11 is 0. The van der Waals surface area contributed by atoms with Crippen LogP contribution in [0.2, 0.25) is 0 Å². The molecule has 0 bridgehead atoms. The van der Waals surface area contributed by atoms with E-state index >= 15 is 0 Å². The van der Waals surface area contributed by atoms with Gasteiger partial charge in [0.25, 0.3) is 0 Å². The molecule has 0 amide bonds. The van der Waals surface area contributed by atoms with Crippen LogP contribution in [-0.2, 0) is 0 Å². The zero-order valence-electron chi connectivity index (χ0n) is 8.44. The summed E-state index contributed by atoms with van der Waals surface area (Å²) in [6.45, 7) is 0. The molecule has 1 aromatic heterocycles. The molecule has 2 aromatic carbocycles. The lowest BCUT2D eigenvalue weighted by Gasteiger charge is -2.05. The lowest BCUT2D eigenvalue weighted by Crippen LogP contribution is -1.85. The Morgan fingerprint density at radius 1 is 0.938 bits per heavy atom. The van der Waals surface area contributed by atoms with Crippen LogP contribution in [0.5, 0.6) is 0 Å². The van der Waals surface area contributed by atoms with Crippen LogP contribution < -0.4 is 0 Å². The zero-order valence-corrected chi connectivity index (χ0v) is 8.44. The summed E-state index contributed by atoms with van der Waals surface area (Å²) in [6, 6.07) is 12.6. The first-order valence-electron chi connectivity index (χ1n) is 5.03. The lowest BCUT2D eigenvalue weighted by atomic mass is 10.0. The second-order valence-corrected chi connectivity index (χ2v) is 3.61. The van der Waals surface area contributed by atoms with Crippen LogP contribution in [-0.4, -0.2) is 10.2 Å². The number of benzene rings is 2. The van der Waals surface area contributed by atoms with E-state index in [2.05, 4.69) is 10.2 Å². The quantitative estimate of drug-likeness (QED) is 0.658. The van der Waals surface area contributed by atoms with Crippen LogP contribution in [0.25, 0.3) is 22.0 Å². The van der Waals surface area contributed by atoms with E-state index in [-0.39, 0.29) is 5.82 Å². The van der Waals surface area contributed by atoms with E-state index in [9.17, 15) is 4.39 Å². The SMILES string of the molecule is Fc1ccc(-c2ccn[nH]2)c2ccccc12. The number of fused-ring (bicyclic) bond motifs is 1. The van der Waals surface area contributed by atoms with Crippen molar-refractivity contribution in [1.29, 1.82) is 0 Å². The summed E-state index contributed by atoms with van der Waals surface area (Å²) in [5.74, 6) is -0.195. The van der Waals surface area contributed by atoms with Crippen LogP contribution >= 0.6 is 0 Å². The summed E-state index contributed by atoms with van der Waals surface area (Å²) in [5, 5.41) is 8.33. The Balaban J connectivity index is 2.39. The summed E-state index contributed by atoms with van der Waals surface area (Å²) in [7, 11) is 0. The molecule has 3 heteroatoms. The van der Waals surface area contributed by atoms with E-state index in [4.69, 9.17) is 0 Å². The van der Waals surface area contributed by atoms with Crippen LogP contribution in [0.1, 0.15) is 0 Å². The van der Waals surface area contributed by atoms with Gasteiger partial charge in [-0.25, -0.2) is 4.39 Å². The predicted octanol–water partition coefficient (Wildman–Crippen LogP) is 3.37. The molecule has 0 aliphatic rings. The number of H-pyrrole nitrogens is 1. The molecule has 0 atom stereocenters. The van der Waals surface area contributed by atoms with E-state index in [0.717, 1.165) is 16.6 Å². The molecular weight excluding hydrogens is 203 g/mol. The maximum absolute atomic E-state index is 13.6. The normalized spacial score (nSPS) is 10.8. The molecule has 1 N–H and O–H groups in total. The summed E-state index contributed by atoms with van der Waals surface area (Å²) in [5.41, 5.74) is 1.87. The average Bonchev–Trinajstić information content (AvgIpc) is 2.83. The summed E-state index contributed by atoms with van der Waals surface area (Å²) in [6.07, 6.45) is 1.69. The fourth-order valence-electron chi connectivity index (χ4n) is 1.90. The van der Waals surface area contributed by atoms with E-state index < -0.39 is 0 Å². The van der Waals surface area contributed by atoms with Crippen molar-refractivity contribution in [3.63, 3.8) is 0 Å². The van der Waals surface area contributed by atoms with Gasteiger partial charge in [0, 0.05) is 17.1 Å². The standard InChI is InChI=1S/C13H9FN2/c14-12-6-5-11(13-7-8-15-16-13)9-3-1-2-4-10(9)12/h1-8H,(H,15,16). The van der Waals surface area contributed by atoms with Crippen molar-refractivity contribution in [1.82, 2.24) is 10.2 Å². The van der Waals surface area contributed by atoms with E-state index in [0.29, 0.717) is 5.39 Å². The number of hydrogen-bond donors (Lipinski definition) is 1. The Kier molecular flexibility index (Phi) is 1.96. The van der Waals surface area contributed by atoms with Gasteiger partial charge >= 0.3 is 0 Å². The van der Waals surface area contributed by atoms with Gasteiger partial charge in [-0.05, 0) is 23.6 Å². The molecule has 0 spiro atoms. The third kappa shape index (κ3) is 1.29. The Labute approximate surface area is 91.7 Å². The largest absolute Gasteiger partial charge is 0.278 e. The molecule has 0 saturated heterocycles. The molecule has 3 rings (SSSR count). The van der Waals surface area contributed by atoms with Crippen molar-refractivity contribution in [3.05, 3.63) is 54.5 Å². The minimum atomic E-state index is -0.195. The minimum absolute atomic E-state index is 0.195. The molecule has 0 radical (unpaired) electrons. The first-order valence-corrected chi connectivity index (χ1v) is 5.03. The van der Waals surface area contributed by atoms with Gasteiger partial charge < -0.3 is 0 Å². The molecular formula is C13H9FN2. The Morgan fingerprint density at radius 2 is 1.75 bits per heavy atom. The number of nitrogens with one attached hydrogen (secondary N) is 1. The molecule has 0 aliphatic heterocycles. The highest BCUT2D eigenvalue weighted by Crippen LogP contribution is 2.28. The Bertz CT molecular complexity index is 629. The van der Waals surface area contributed by atoms with Gasteiger partial charge in [0.15, 0.2) is 0 Å². The summed E-state index contributed by atoms with van der Waals surface area (Å²) in [4.78, 5) is 0. The number of nitrogens with zero attached hydrogens (tertiary/aromatic N) is 1. The molecule has 0 fully saturated rings. The van der Waals surface area contributed by atoms with Crippen LogP contribution in [0.15, 0.2) is 48.7 Å². The molecule has 0 saturated carbocycles. The van der Waals surface area contributed by atoms with Crippen LogP contribution in [0.3, 0.4) is 0 Å². The van der Waals surface area contributed by atoms with Crippen molar-refractivity contribution in [3.8, 4) is 11.3 Å². The van der Waals surface area contributed by atoms with Gasteiger partial charge in [0.2, 0.25) is 0 Å². The molecule has 0 unspecified atom stereocenters. The van der Waals surface area contributed by atoms with Gasteiger partial charge in [-0.15, -0.1) is 0 Å². The van der Waals surface area contributed by atoms with E-state index in [1.807, 2.05) is 24.3 Å². The zero-order chi connectivity index (χ0) is 11.0. The van der Waals surface area contributed by atoms with Gasteiger partial charge in [-0.2, -0.15) is 5.10 Å². The third-order valence-electron chi connectivity index (χ3n) is 2.66. The fraction of sp³-hybridized carbons (Fsp3) is 0. The van der Waals surface area contributed by atoms with Gasteiger partial charge in [-0.3, -0.25) is 5.10 Å². The molecule has 2 nitrogen and oxygen atoms in total. The number of rotatable bonds is 1. The molecule has 1 heterocycles. The Morgan fingerprint density at radius 3 is 2.50 bits per heavy atom. The first kappa shape index (κ1) is 9.09. The van der Waals surface area contributed by atoms with Gasteiger partial charge in [-0.1, -0.05) is 24.3 Å². The highest BCUT2D eigenvalue weighted by molar-refractivity contribution is 5.96. The first-order chi connectivity index (χ1) is 7.86.